The van der Waals surface area contributed by atoms with E-state index in [1.54, 1.807) is 0 Å². The molecule has 1 heterocycles. The number of rotatable bonds is 3. The van der Waals surface area contributed by atoms with E-state index in [1.165, 1.54) is 0 Å². The number of fused-ring (bicyclic) bond motifs is 1. The van der Waals surface area contributed by atoms with E-state index in [4.69, 9.17) is 4.74 Å². The van der Waals surface area contributed by atoms with Crippen LogP contribution in [0.4, 0.5) is 5.69 Å². The van der Waals surface area contributed by atoms with E-state index < -0.39 is 0 Å². The number of nitrogens with zero attached hydrogens (tertiary/aromatic N) is 1. The molecule has 0 N–H and O–H groups in total. The number of benzene rings is 2. The standard InChI is InChI=1S/C20H21NO2/c1-3-9-15-12-8-13-18-19(15)23-17(4-2)14-21(18)20(22)16-10-6-5-7-11-16/h3,5-13,17H,4,14H2,1-2H3/b9-3-. The number of ether oxygens (including phenoxy) is 1. The topological polar surface area (TPSA) is 29.5 Å². The van der Waals surface area contributed by atoms with Crippen LogP contribution < -0.4 is 9.64 Å². The van der Waals surface area contributed by atoms with Gasteiger partial charge in [0.05, 0.1) is 12.2 Å². The Kier molecular flexibility index (Phi) is 4.47. The molecule has 1 amide bonds. The van der Waals surface area contributed by atoms with Crippen molar-refractivity contribution in [3.05, 3.63) is 65.7 Å². The van der Waals surface area contributed by atoms with Gasteiger partial charge < -0.3 is 9.64 Å². The molecule has 0 aromatic heterocycles. The number of hydrogen-bond donors (Lipinski definition) is 0. The summed E-state index contributed by atoms with van der Waals surface area (Å²) in [5.74, 6) is 0.819. The average molecular weight is 307 g/mol. The summed E-state index contributed by atoms with van der Waals surface area (Å²) in [5.41, 5.74) is 2.56. The van der Waals surface area contributed by atoms with E-state index in [0.29, 0.717) is 12.1 Å². The SMILES string of the molecule is C/C=C\c1cccc2c1OC(CC)CN2C(=O)c1ccccc1. The molecule has 1 unspecified atom stereocenters. The van der Waals surface area contributed by atoms with E-state index in [0.717, 1.165) is 23.4 Å². The van der Waals surface area contributed by atoms with Gasteiger partial charge in [-0.15, -0.1) is 0 Å². The molecule has 0 saturated heterocycles. The molecule has 23 heavy (non-hydrogen) atoms. The van der Waals surface area contributed by atoms with Gasteiger partial charge in [0.1, 0.15) is 6.10 Å². The molecule has 1 aliphatic heterocycles. The van der Waals surface area contributed by atoms with Crippen molar-refractivity contribution in [3.8, 4) is 5.75 Å². The number of hydrogen-bond acceptors (Lipinski definition) is 2. The normalized spacial score (nSPS) is 17.0. The molecule has 0 fully saturated rings. The van der Waals surface area contributed by atoms with Gasteiger partial charge in [0, 0.05) is 11.1 Å². The van der Waals surface area contributed by atoms with Crippen LogP contribution in [0.25, 0.3) is 6.08 Å². The van der Waals surface area contributed by atoms with Crippen molar-refractivity contribution in [1.82, 2.24) is 0 Å². The summed E-state index contributed by atoms with van der Waals surface area (Å²) < 4.78 is 6.14. The number of amides is 1. The second-order valence-corrected chi connectivity index (χ2v) is 5.63. The van der Waals surface area contributed by atoms with Crippen molar-refractivity contribution in [2.75, 3.05) is 11.4 Å². The second kappa shape index (κ2) is 6.69. The van der Waals surface area contributed by atoms with Crippen molar-refractivity contribution in [2.24, 2.45) is 0 Å². The first-order valence-electron chi connectivity index (χ1n) is 8.04. The first kappa shape index (κ1) is 15.3. The fourth-order valence-electron chi connectivity index (χ4n) is 2.84. The molecule has 0 bridgehead atoms. The average Bonchev–Trinajstić information content (AvgIpc) is 2.61. The molecular formula is C20H21NO2. The molecule has 1 atom stereocenters. The van der Waals surface area contributed by atoms with Gasteiger partial charge in [0.25, 0.3) is 5.91 Å². The predicted octanol–water partition coefficient (Wildman–Crippen LogP) is 4.54. The summed E-state index contributed by atoms with van der Waals surface area (Å²) in [6.45, 7) is 4.64. The molecule has 3 nitrogen and oxygen atoms in total. The number of carbonyl (C=O) groups excluding carboxylic acids is 1. The minimum absolute atomic E-state index is 0.0153. The van der Waals surface area contributed by atoms with Crippen molar-refractivity contribution < 1.29 is 9.53 Å². The van der Waals surface area contributed by atoms with Crippen LogP contribution in [0.5, 0.6) is 5.75 Å². The van der Waals surface area contributed by atoms with Crippen LogP contribution in [0.15, 0.2) is 54.6 Å². The summed E-state index contributed by atoms with van der Waals surface area (Å²) in [6.07, 6.45) is 4.88. The van der Waals surface area contributed by atoms with Crippen LogP contribution in [-0.2, 0) is 0 Å². The molecule has 0 aliphatic carbocycles. The Morgan fingerprint density at radius 2 is 2.00 bits per heavy atom. The van der Waals surface area contributed by atoms with Crippen molar-refractivity contribution in [3.63, 3.8) is 0 Å². The lowest BCUT2D eigenvalue weighted by Crippen LogP contribution is -2.43. The highest BCUT2D eigenvalue weighted by molar-refractivity contribution is 6.07. The molecule has 3 heteroatoms. The van der Waals surface area contributed by atoms with Crippen molar-refractivity contribution >= 4 is 17.7 Å². The quantitative estimate of drug-likeness (QED) is 0.833. The first-order valence-corrected chi connectivity index (χ1v) is 8.04. The van der Waals surface area contributed by atoms with E-state index in [2.05, 4.69) is 6.92 Å². The van der Waals surface area contributed by atoms with Gasteiger partial charge in [-0.25, -0.2) is 0 Å². The molecule has 2 aromatic carbocycles. The smallest absolute Gasteiger partial charge is 0.258 e. The van der Waals surface area contributed by atoms with Gasteiger partial charge in [-0.2, -0.15) is 0 Å². The van der Waals surface area contributed by atoms with Crippen LogP contribution in [-0.4, -0.2) is 18.6 Å². The summed E-state index contributed by atoms with van der Waals surface area (Å²) in [6, 6.07) is 15.3. The fraction of sp³-hybridized carbons (Fsp3) is 0.250. The predicted molar refractivity (Wildman–Crippen MR) is 94.0 cm³/mol. The zero-order valence-corrected chi connectivity index (χ0v) is 13.5. The van der Waals surface area contributed by atoms with Gasteiger partial charge in [-0.3, -0.25) is 4.79 Å². The zero-order chi connectivity index (χ0) is 16.2. The molecule has 3 rings (SSSR count). The van der Waals surface area contributed by atoms with E-state index >= 15 is 0 Å². The van der Waals surface area contributed by atoms with Gasteiger partial charge >= 0.3 is 0 Å². The van der Waals surface area contributed by atoms with Crippen LogP contribution in [0.1, 0.15) is 36.2 Å². The maximum atomic E-state index is 12.9. The molecule has 118 valence electrons. The lowest BCUT2D eigenvalue weighted by molar-refractivity contribution is 0.0954. The van der Waals surface area contributed by atoms with Crippen LogP contribution in [0.3, 0.4) is 0 Å². The molecule has 1 aliphatic rings. The van der Waals surface area contributed by atoms with Crippen LogP contribution in [0, 0.1) is 0 Å². The van der Waals surface area contributed by atoms with E-state index in [-0.39, 0.29) is 12.0 Å². The van der Waals surface area contributed by atoms with Gasteiger partial charge in [-0.05, 0) is 31.5 Å². The fourth-order valence-corrected chi connectivity index (χ4v) is 2.84. The second-order valence-electron chi connectivity index (χ2n) is 5.63. The Hall–Kier alpha value is -2.55. The third-order valence-electron chi connectivity index (χ3n) is 4.05. The third-order valence-corrected chi connectivity index (χ3v) is 4.05. The molecule has 0 radical (unpaired) electrons. The Morgan fingerprint density at radius 1 is 1.22 bits per heavy atom. The Balaban J connectivity index is 2.06. The number of para-hydroxylation sites is 1. The van der Waals surface area contributed by atoms with Crippen molar-refractivity contribution in [1.29, 1.82) is 0 Å². The maximum absolute atomic E-state index is 12.9. The van der Waals surface area contributed by atoms with Gasteiger partial charge in [0.15, 0.2) is 5.75 Å². The number of anilines is 1. The lowest BCUT2D eigenvalue weighted by Gasteiger charge is -2.35. The zero-order valence-electron chi connectivity index (χ0n) is 13.5. The summed E-state index contributed by atoms with van der Waals surface area (Å²) >= 11 is 0. The van der Waals surface area contributed by atoms with Crippen LogP contribution in [0.2, 0.25) is 0 Å². The third kappa shape index (κ3) is 3.00. The Bertz CT molecular complexity index is 722. The lowest BCUT2D eigenvalue weighted by atomic mass is 10.1. The summed E-state index contributed by atoms with van der Waals surface area (Å²) in [7, 11) is 0. The molecular weight excluding hydrogens is 286 g/mol. The van der Waals surface area contributed by atoms with Crippen molar-refractivity contribution in [2.45, 2.75) is 26.4 Å². The summed E-state index contributed by atoms with van der Waals surface area (Å²) in [4.78, 5) is 14.8. The van der Waals surface area contributed by atoms with E-state index in [1.807, 2.05) is 72.5 Å². The first-order chi connectivity index (χ1) is 11.2. The van der Waals surface area contributed by atoms with E-state index in [9.17, 15) is 4.79 Å². The highest BCUT2D eigenvalue weighted by Crippen LogP contribution is 2.38. The number of carbonyl (C=O) groups is 1. The minimum Gasteiger partial charge on any atom is -0.486 e. The monoisotopic (exact) mass is 307 g/mol. The molecule has 0 spiro atoms. The molecule has 0 saturated carbocycles. The summed E-state index contributed by atoms with van der Waals surface area (Å²) in [5, 5.41) is 0. The van der Waals surface area contributed by atoms with Crippen LogP contribution >= 0.6 is 0 Å². The van der Waals surface area contributed by atoms with Gasteiger partial charge in [-0.1, -0.05) is 49.4 Å². The highest BCUT2D eigenvalue weighted by Gasteiger charge is 2.30. The highest BCUT2D eigenvalue weighted by atomic mass is 16.5. The maximum Gasteiger partial charge on any atom is 0.258 e. The Morgan fingerprint density at radius 3 is 2.70 bits per heavy atom. The largest absolute Gasteiger partial charge is 0.486 e. The minimum atomic E-state index is 0.0153. The van der Waals surface area contributed by atoms with Gasteiger partial charge in [0.2, 0.25) is 0 Å². The Labute approximate surface area is 137 Å². The molecule has 2 aromatic rings. The number of allylic oxidation sites excluding steroid dienone is 1.